The zero-order valence-electron chi connectivity index (χ0n) is 14.8. The first kappa shape index (κ1) is 18.7. The Kier molecular flexibility index (Phi) is 6.22. The molecular weight excluding hydrogens is 362 g/mol. The Balaban J connectivity index is 1.52. The van der Waals surface area contributed by atoms with Crippen LogP contribution in [0.2, 0.25) is 0 Å². The first-order chi connectivity index (χ1) is 13.1. The quantitative estimate of drug-likeness (QED) is 0.614. The number of rotatable bonds is 7. The number of benzene rings is 1. The minimum absolute atomic E-state index is 0.182. The fourth-order valence-electron chi connectivity index (χ4n) is 2.46. The van der Waals surface area contributed by atoms with Crippen LogP contribution in [0.25, 0.3) is 0 Å². The molecule has 7 nitrogen and oxygen atoms in total. The van der Waals surface area contributed by atoms with E-state index in [9.17, 15) is 9.59 Å². The van der Waals surface area contributed by atoms with E-state index in [1.807, 2.05) is 18.2 Å². The summed E-state index contributed by atoms with van der Waals surface area (Å²) in [6.45, 7) is 2.32. The topological polar surface area (TPSA) is 96.9 Å². The minimum atomic E-state index is -0.410. The van der Waals surface area contributed by atoms with E-state index in [1.54, 1.807) is 6.92 Å². The lowest BCUT2D eigenvalue weighted by molar-refractivity contribution is 0.0955. The van der Waals surface area contributed by atoms with Crippen LogP contribution in [0.5, 0.6) is 0 Å². The maximum atomic E-state index is 12.4. The minimum Gasteiger partial charge on any atom is -0.351 e. The van der Waals surface area contributed by atoms with E-state index in [-0.39, 0.29) is 11.6 Å². The summed E-state index contributed by atoms with van der Waals surface area (Å²) in [4.78, 5) is 37.0. The molecule has 0 bridgehead atoms. The highest BCUT2D eigenvalue weighted by Gasteiger charge is 2.17. The SMILES string of the molecule is Cc1nc(NC(=O)c2cnccn2)sc1C(=O)NCCCc1ccccc1. The Bertz CT molecular complexity index is 912. The number of carbonyl (C=O) groups excluding carboxylic acids is 2. The number of amides is 2. The van der Waals surface area contributed by atoms with E-state index < -0.39 is 5.91 Å². The van der Waals surface area contributed by atoms with Crippen molar-refractivity contribution in [3.8, 4) is 0 Å². The standard InChI is InChI=1S/C19H19N5O2S/c1-13-16(18(26)22-9-5-8-14-6-3-2-4-7-14)27-19(23-13)24-17(25)15-12-20-10-11-21-15/h2-4,6-7,10-12H,5,8-9H2,1H3,(H,22,26)(H,23,24,25). The summed E-state index contributed by atoms with van der Waals surface area (Å²) in [5.74, 6) is -0.593. The van der Waals surface area contributed by atoms with Gasteiger partial charge >= 0.3 is 0 Å². The molecule has 0 aliphatic carbocycles. The van der Waals surface area contributed by atoms with Gasteiger partial charge in [-0.1, -0.05) is 41.7 Å². The molecule has 2 heterocycles. The van der Waals surface area contributed by atoms with Crippen molar-refractivity contribution in [2.24, 2.45) is 0 Å². The lowest BCUT2D eigenvalue weighted by Gasteiger charge is -2.04. The number of thiazole rings is 1. The van der Waals surface area contributed by atoms with Crippen LogP contribution in [0.1, 0.15) is 37.8 Å². The summed E-state index contributed by atoms with van der Waals surface area (Å²) in [5.41, 5.74) is 2.02. The zero-order valence-corrected chi connectivity index (χ0v) is 15.6. The van der Waals surface area contributed by atoms with Crippen LogP contribution in [0.4, 0.5) is 5.13 Å². The van der Waals surface area contributed by atoms with Gasteiger partial charge in [-0.2, -0.15) is 0 Å². The molecule has 3 rings (SSSR count). The number of carbonyl (C=O) groups is 2. The van der Waals surface area contributed by atoms with Gasteiger partial charge < -0.3 is 5.32 Å². The second kappa shape index (κ2) is 9.00. The van der Waals surface area contributed by atoms with Crippen molar-refractivity contribution in [1.82, 2.24) is 20.3 Å². The van der Waals surface area contributed by atoms with Crippen molar-refractivity contribution in [3.05, 3.63) is 70.8 Å². The maximum absolute atomic E-state index is 12.4. The molecule has 0 radical (unpaired) electrons. The smallest absolute Gasteiger partial charge is 0.277 e. The highest BCUT2D eigenvalue weighted by molar-refractivity contribution is 7.17. The largest absolute Gasteiger partial charge is 0.351 e. The Morgan fingerprint density at radius 3 is 2.67 bits per heavy atom. The van der Waals surface area contributed by atoms with Gasteiger partial charge in [0.25, 0.3) is 11.8 Å². The van der Waals surface area contributed by atoms with E-state index in [0.717, 1.165) is 24.2 Å². The normalized spacial score (nSPS) is 10.4. The Labute approximate surface area is 160 Å². The van der Waals surface area contributed by atoms with E-state index in [4.69, 9.17) is 0 Å². The fraction of sp³-hybridized carbons (Fsp3) is 0.211. The van der Waals surface area contributed by atoms with E-state index in [2.05, 4.69) is 37.7 Å². The molecule has 0 spiro atoms. The van der Waals surface area contributed by atoms with Crippen LogP contribution in [-0.2, 0) is 6.42 Å². The molecule has 0 aliphatic heterocycles. The van der Waals surface area contributed by atoms with Crippen LogP contribution >= 0.6 is 11.3 Å². The number of nitrogens with one attached hydrogen (secondary N) is 2. The molecule has 0 saturated carbocycles. The van der Waals surface area contributed by atoms with Crippen LogP contribution in [-0.4, -0.2) is 33.3 Å². The molecule has 27 heavy (non-hydrogen) atoms. The first-order valence-electron chi connectivity index (χ1n) is 8.50. The molecule has 2 aromatic heterocycles. The molecule has 0 saturated heterocycles. The summed E-state index contributed by atoms with van der Waals surface area (Å²) in [5, 5.41) is 5.91. The van der Waals surface area contributed by atoms with Crippen LogP contribution < -0.4 is 10.6 Å². The summed E-state index contributed by atoms with van der Waals surface area (Å²) in [6, 6.07) is 10.1. The number of anilines is 1. The third-order valence-corrected chi connectivity index (χ3v) is 4.86. The summed E-state index contributed by atoms with van der Waals surface area (Å²) in [6.07, 6.45) is 6.06. The Morgan fingerprint density at radius 2 is 1.93 bits per heavy atom. The molecule has 0 unspecified atom stereocenters. The third-order valence-electron chi connectivity index (χ3n) is 3.79. The average Bonchev–Trinajstić information content (AvgIpc) is 3.06. The van der Waals surface area contributed by atoms with Gasteiger partial charge in [0.05, 0.1) is 11.9 Å². The van der Waals surface area contributed by atoms with Crippen molar-refractivity contribution < 1.29 is 9.59 Å². The Hall–Kier alpha value is -3.13. The molecular formula is C19H19N5O2S. The molecule has 0 atom stereocenters. The number of aryl methyl sites for hydroxylation is 2. The van der Waals surface area contributed by atoms with Gasteiger partial charge in [-0.15, -0.1) is 0 Å². The number of aromatic nitrogens is 3. The second-order valence-corrected chi connectivity index (χ2v) is 6.82. The van der Waals surface area contributed by atoms with Crippen LogP contribution in [0.3, 0.4) is 0 Å². The highest BCUT2D eigenvalue weighted by atomic mass is 32.1. The van der Waals surface area contributed by atoms with E-state index in [1.165, 1.54) is 24.2 Å². The average molecular weight is 381 g/mol. The van der Waals surface area contributed by atoms with Gasteiger partial charge in [0.1, 0.15) is 10.6 Å². The highest BCUT2D eigenvalue weighted by Crippen LogP contribution is 2.22. The Morgan fingerprint density at radius 1 is 1.11 bits per heavy atom. The maximum Gasteiger partial charge on any atom is 0.277 e. The van der Waals surface area contributed by atoms with Crippen LogP contribution in [0, 0.1) is 6.92 Å². The van der Waals surface area contributed by atoms with Crippen LogP contribution in [0.15, 0.2) is 48.9 Å². The molecule has 0 aliphatic rings. The predicted molar refractivity (Wildman–Crippen MR) is 104 cm³/mol. The van der Waals surface area contributed by atoms with Crippen molar-refractivity contribution in [2.45, 2.75) is 19.8 Å². The molecule has 3 aromatic rings. The number of nitrogens with zero attached hydrogens (tertiary/aromatic N) is 3. The van der Waals surface area contributed by atoms with Gasteiger partial charge in [0.15, 0.2) is 5.13 Å². The molecule has 2 N–H and O–H groups in total. The van der Waals surface area contributed by atoms with E-state index in [0.29, 0.717) is 22.2 Å². The van der Waals surface area contributed by atoms with Crippen molar-refractivity contribution in [1.29, 1.82) is 0 Å². The fourth-order valence-corrected chi connectivity index (χ4v) is 3.34. The van der Waals surface area contributed by atoms with Crippen molar-refractivity contribution >= 4 is 28.3 Å². The van der Waals surface area contributed by atoms with E-state index >= 15 is 0 Å². The third kappa shape index (κ3) is 5.18. The second-order valence-electron chi connectivity index (χ2n) is 5.82. The van der Waals surface area contributed by atoms with Gasteiger partial charge in [-0.05, 0) is 25.3 Å². The number of hydrogen-bond acceptors (Lipinski definition) is 6. The van der Waals surface area contributed by atoms with Crippen molar-refractivity contribution in [2.75, 3.05) is 11.9 Å². The van der Waals surface area contributed by atoms with Gasteiger partial charge in [0, 0.05) is 18.9 Å². The van der Waals surface area contributed by atoms with Gasteiger partial charge in [-0.25, -0.2) is 9.97 Å². The van der Waals surface area contributed by atoms with Gasteiger partial charge in [0.2, 0.25) is 0 Å². The van der Waals surface area contributed by atoms with Gasteiger partial charge in [-0.3, -0.25) is 19.9 Å². The summed E-state index contributed by atoms with van der Waals surface area (Å²) < 4.78 is 0. The molecule has 138 valence electrons. The first-order valence-corrected chi connectivity index (χ1v) is 9.32. The summed E-state index contributed by atoms with van der Waals surface area (Å²) in [7, 11) is 0. The summed E-state index contributed by atoms with van der Waals surface area (Å²) >= 11 is 1.14. The molecule has 8 heteroatoms. The molecule has 2 amide bonds. The number of hydrogen-bond donors (Lipinski definition) is 2. The zero-order chi connectivity index (χ0) is 19.1. The molecule has 0 fully saturated rings. The lowest BCUT2D eigenvalue weighted by Crippen LogP contribution is -2.24. The predicted octanol–water partition coefficient (Wildman–Crippen LogP) is 2.86. The van der Waals surface area contributed by atoms with Crippen molar-refractivity contribution in [3.63, 3.8) is 0 Å². The molecule has 1 aromatic carbocycles. The lowest BCUT2D eigenvalue weighted by atomic mass is 10.1. The monoisotopic (exact) mass is 381 g/mol.